The lowest BCUT2D eigenvalue weighted by molar-refractivity contribution is 0.355. The molecular formula is C21H23N3O4S. The quantitative estimate of drug-likeness (QED) is 0.642. The standard InChI is InChI=1S/C21H23N3O4S/c1-27-20-10-9-16(13-21(20)28-2)19-14-17-15-23(11-6-12-24(17)22-19)29(25,26)18-7-4-3-5-8-18/h3-5,7-10,13-14H,6,11-12,15H2,1-2H3. The van der Waals surface area contributed by atoms with E-state index in [2.05, 4.69) is 0 Å². The molecule has 152 valence electrons. The van der Waals surface area contributed by atoms with Gasteiger partial charge in [0.15, 0.2) is 11.5 Å². The van der Waals surface area contributed by atoms with Crippen LogP contribution in [0.2, 0.25) is 0 Å². The molecule has 7 nitrogen and oxygen atoms in total. The van der Waals surface area contributed by atoms with Crippen molar-refractivity contribution in [3.63, 3.8) is 0 Å². The number of aryl methyl sites for hydroxylation is 1. The summed E-state index contributed by atoms with van der Waals surface area (Å²) in [7, 11) is -0.359. The van der Waals surface area contributed by atoms with Gasteiger partial charge in [-0.3, -0.25) is 4.68 Å². The minimum Gasteiger partial charge on any atom is -0.493 e. The van der Waals surface area contributed by atoms with Gasteiger partial charge in [0.05, 0.1) is 37.0 Å². The van der Waals surface area contributed by atoms with Crippen LogP contribution in [0.5, 0.6) is 11.5 Å². The Labute approximate surface area is 170 Å². The summed E-state index contributed by atoms with van der Waals surface area (Å²) in [5.41, 5.74) is 2.53. The Hall–Kier alpha value is -2.84. The van der Waals surface area contributed by atoms with Crippen LogP contribution in [0.3, 0.4) is 0 Å². The molecule has 3 aromatic rings. The van der Waals surface area contributed by atoms with Crippen LogP contribution < -0.4 is 9.47 Å². The molecule has 4 rings (SSSR count). The normalized spacial score (nSPS) is 14.8. The number of sulfonamides is 1. The molecule has 2 aromatic carbocycles. The Bertz CT molecular complexity index is 1110. The average Bonchev–Trinajstić information content (AvgIpc) is 3.04. The van der Waals surface area contributed by atoms with Crippen molar-refractivity contribution in [2.24, 2.45) is 0 Å². The molecule has 1 aromatic heterocycles. The van der Waals surface area contributed by atoms with Crippen LogP contribution in [0.15, 0.2) is 59.5 Å². The van der Waals surface area contributed by atoms with E-state index in [0.29, 0.717) is 35.9 Å². The van der Waals surface area contributed by atoms with Gasteiger partial charge < -0.3 is 9.47 Å². The Balaban J connectivity index is 1.65. The number of hydrogen-bond acceptors (Lipinski definition) is 5. The Morgan fingerprint density at radius 1 is 0.931 bits per heavy atom. The minimum atomic E-state index is -3.55. The van der Waals surface area contributed by atoms with Crippen molar-refractivity contribution in [2.75, 3.05) is 20.8 Å². The maximum Gasteiger partial charge on any atom is 0.243 e. The zero-order valence-corrected chi connectivity index (χ0v) is 17.2. The third kappa shape index (κ3) is 3.73. The predicted octanol–water partition coefficient (Wildman–Crippen LogP) is 3.16. The second-order valence-electron chi connectivity index (χ2n) is 6.82. The third-order valence-corrected chi connectivity index (χ3v) is 6.90. The van der Waals surface area contributed by atoms with Crippen molar-refractivity contribution in [3.8, 4) is 22.8 Å². The number of methoxy groups -OCH3 is 2. The largest absolute Gasteiger partial charge is 0.493 e. The summed E-state index contributed by atoms with van der Waals surface area (Å²) >= 11 is 0. The lowest BCUT2D eigenvalue weighted by Gasteiger charge is -2.19. The summed E-state index contributed by atoms with van der Waals surface area (Å²) in [6.07, 6.45) is 0.701. The third-order valence-electron chi connectivity index (χ3n) is 5.04. The monoisotopic (exact) mass is 413 g/mol. The van der Waals surface area contributed by atoms with Crippen LogP contribution >= 0.6 is 0 Å². The number of rotatable bonds is 5. The van der Waals surface area contributed by atoms with Crippen LogP contribution in [-0.2, 0) is 23.1 Å². The lowest BCUT2D eigenvalue weighted by Crippen LogP contribution is -2.30. The first kappa shape index (κ1) is 19.5. The summed E-state index contributed by atoms with van der Waals surface area (Å²) in [4.78, 5) is 0.313. The van der Waals surface area contributed by atoms with Crippen LogP contribution in [0.25, 0.3) is 11.3 Å². The Morgan fingerprint density at radius 3 is 2.41 bits per heavy atom. The van der Waals surface area contributed by atoms with Crippen molar-refractivity contribution in [1.29, 1.82) is 0 Å². The van der Waals surface area contributed by atoms with Gasteiger partial charge >= 0.3 is 0 Å². The van der Waals surface area contributed by atoms with Gasteiger partial charge in [-0.1, -0.05) is 18.2 Å². The second kappa shape index (κ2) is 7.88. The van der Waals surface area contributed by atoms with Crippen LogP contribution in [0.1, 0.15) is 12.1 Å². The van der Waals surface area contributed by atoms with E-state index in [-0.39, 0.29) is 6.54 Å². The highest BCUT2D eigenvalue weighted by atomic mass is 32.2. The molecule has 1 aliphatic heterocycles. The van der Waals surface area contributed by atoms with E-state index in [1.54, 1.807) is 38.5 Å². The molecule has 0 unspecified atom stereocenters. The number of aromatic nitrogens is 2. The van der Waals surface area contributed by atoms with Gasteiger partial charge in [0.1, 0.15) is 0 Å². The number of fused-ring (bicyclic) bond motifs is 1. The Morgan fingerprint density at radius 2 is 1.69 bits per heavy atom. The zero-order valence-electron chi connectivity index (χ0n) is 16.4. The van der Waals surface area contributed by atoms with Gasteiger partial charge in [-0.05, 0) is 42.8 Å². The van der Waals surface area contributed by atoms with E-state index in [9.17, 15) is 8.42 Å². The SMILES string of the molecule is COc1ccc(-c2cc3n(n2)CCCN(S(=O)(=O)c2ccccc2)C3)cc1OC. The summed E-state index contributed by atoms with van der Waals surface area (Å²) in [6, 6.07) is 16.1. The van der Waals surface area contributed by atoms with Gasteiger partial charge in [-0.15, -0.1) is 0 Å². The van der Waals surface area contributed by atoms with Gasteiger partial charge in [0, 0.05) is 18.7 Å². The number of hydrogen-bond donors (Lipinski definition) is 0. The number of benzene rings is 2. The molecule has 0 spiro atoms. The van der Waals surface area contributed by atoms with E-state index < -0.39 is 10.0 Å². The topological polar surface area (TPSA) is 73.7 Å². The number of nitrogens with zero attached hydrogens (tertiary/aromatic N) is 3. The van der Waals surface area contributed by atoms with Crippen molar-refractivity contribution in [3.05, 3.63) is 60.3 Å². The highest BCUT2D eigenvalue weighted by molar-refractivity contribution is 7.89. The first-order valence-corrected chi connectivity index (χ1v) is 10.8. The second-order valence-corrected chi connectivity index (χ2v) is 8.76. The maximum atomic E-state index is 13.0. The van der Waals surface area contributed by atoms with Crippen LogP contribution in [0, 0.1) is 0 Å². The highest BCUT2D eigenvalue weighted by Crippen LogP contribution is 2.32. The average molecular weight is 413 g/mol. The molecule has 0 N–H and O–H groups in total. The summed E-state index contributed by atoms with van der Waals surface area (Å²) in [5.74, 6) is 1.28. The molecule has 2 heterocycles. The predicted molar refractivity (Wildman–Crippen MR) is 109 cm³/mol. The van der Waals surface area contributed by atoms with Crippen molar-refractivity contribution >= 4 is 10.0 Å². The summed E-state index contributed by atoms with van der Waals surface area (Å²) in [5, 5.41) is 4.70. The van der Waals surface area contributed by atoms with E-state index in [0.717, 1.165) is 17.0 Å². The van der Waals surface area contributed by atoms with Gasteiger partial charge in [-0.2, -0.15) is 9.40 Å². The fraction of sp³-hybridized carbons (Fsp3) is 0.286. The van der Waals surface area contributed by atoms with Gasteiger partial charge in [0.25, 0.3) is 0 Å². The smallest absolute Gasteiger partial charge is 0.243 e. The van der Waals surface area contributed by atoms with Crippen LogP contribution in [0.4, 0.5) is 0 Å². The van der Waals surface area contributed by atoms with E-state index in [1.165, 1.54) is 4.31 Å². The molecule has 29 heavy (non-hydrogen) atoms. The number of ether oxygens (including phenoxy) is 2. The zero-order chi connectivity index (χ0) is 20.4. The molecule has 0 saturated carbocycles. The van der Waals surface area contributed by atoms with Crippen molar-refractivity contribution in [2.45, 2.75) is 24.4 Å². The Kier molecular flexibility index (Phi) is 5.29. The van der Waals surface area contributed by atoms with Crippen molar-refractivity contribution in [1.82, 2.24) is 14.1 Å². The molecule has 1 aliphatic rings. The molecule has 0 atom stereocenters. The van der Waals surface area contributed by atoms with Crippen molar-refractivity contribution < 1.29 is 17.9 Å². The lowest BCUT2D eigenvalue weighted by atomic mass is 10.1. The summed E-state index contributed by atoms with van der Waals surface area (Å²) < 4.78 is 40.2. The molecule has 0 radical (unpaired) electrons. The molecule has 8 heteroatoms. The fourth-order valence-electron chi connectivity index (χ4n) is 3.52. The molecular weight excluding hydrogens is 390 g/mol. The van der Waals surface area contributed by atoms with E-state index in [1.807, 2.05) is 35.0 Å². The maximum absolute atomic E-state index is 13.0. The van der Waals surface area contributed by atoms with Gasteiger partial charge in [0.2, 0.25) is 10.0 Å². The van der Waals surface area contributed by atoms with Gasteiger partial charge in [-0.25, -0.2) is 8.42 Å². The molecule has 0 saturated heterocycles. The molecule has 0 amide bonds. The summed E-state index contributed by atoms with van der Waals surface area (Å²) in [6.45, 7) is 1.42. The molecule has 0 bridgehead atoms. The molecule has 0 aliphatic carbocycles. The first-order valence-electron chi connectivity index (χ1n) is 9.37. The van der Waals surface area contributed by atoms with E-state index in [4.69, 9.17) is 14.6 Å². The fourth-order valence-corrected chi connectivity index (χ4v) is 4.99. The first-order chi connectivity index (χ1) is 14.0. The van der Waals surface area contributed by atoms with Crippen LogP contribution in [-0.4, -0.2) is 43.3 Å². The molecule has 0 fully saturated rings. The van der Waals surface area contributed by atoms with E-state index >= 15 is 0 Å². The highest BCUT2D eigenvalue weighted by Gasteiger charge is 2.28. The minimum absolute atomic E-state index is 0.289.